The first-order valence-corrected chi connectivity index (χ1v) is 11.1. The van der Waals surface area contributed by atoms with E-state index in [2.05, 4.69) is 46.0 Å². The Hall–Kier alpha value is -2.97. The molecule has 0 amide bonds. The van der Waals surface area contributed by atoms with Crippen molar-refractivity contribution in [2.45, 2.75) is 36.4 Å². The van der Waals surface area contributed by atoms with Gasteiger partial charge >= 0.3 is 0 Å². The monoisotopic (exact) mass is 418 g/mol. The highest BCUT2D eigenvalue weighted by Crippen LogP contribution is 2.29. The molecule has 4 aromatic rings. The van der Waals surface area contributed by atoms with Gasteiger partial charge in [-0.2, -0.15) is 5.10 Å². The van der Waals surface area contributed by atoms with Crippen LogP contribution in [0.25, 0.3) is 16.9 Å². The summed E-state index contributed by atoms with van der Waals surface area (Å²) in [4.78, 5) is 0. The van der Waals surface area contributed by atoms with Crippen LogP contribution in [0.5, 0.6) is 0 Å². The number of tetrazole rings is 1. The summed E-state index contributed by atoms with van der Waals surface area (Å²) in [6.45, 7) is 1.53. The molecule has 1 saturated heterocycles. The van der Waals surface area contributed by atoms with Gasteiger partial charge in [0, 0.05) is 29.7 Å². The second-order valence-corrected chi connectivity index (χ2v) is 8.16. The second-order valence-electron chi connectivity index (χ2n) is 7.22. The third kappa shape index (κ3) is 4.15. The van der Waals surface area contributed by atoms with Gasteiger partial charge in [-0.1, -0.05) is 60.3 Å². The van der Waals surface area contributed by atoms with E-state index in [0.29, 0.717) is 6.54 Å². The maximum atomic E-state index is 5.73. The van der Waals surface area contributed by atoms with E-state index >= 15 is 0 Å². The van der Waals surface area contributed by atoms with Gasteiger partial charge in [0.25, 0.3) is 0 Å². The van der Waals surface area contributed by atoms with Crippen molar-refractivity contribution in [3.63, 3.8) is 0 Å². The zero-order valence-corrected chi connectivity index (χ0v) is 17.3. The Morgan fingerprint density at radius 2 is 1.83 bits per heavy atom. The van der Waals surface area contributed by atoms with Crippen molar-refractivity contribution in [1.82, 2.24) is 30.0 Å². The lowest BCUT2D eigenvalue weighted by molar-refractivity contribution is 0.0912. The van der Waals surface area contributed by atoms with E-state index in [4.69, 9.17) is 9.84 Å². The van der Waals surface area contributed by atoms with E-state index in [9.17, 15) is 0 Å². The van der Waals surface area contributed by atoms with Crippen LogP contribution in [-0.2, 0) is 17.0 Å². The highest BCUT2D eigenvalue weighted by molar-refractivity contribution is 7.98. The fourth-order valence-corrected chi connectivity index (χ4v) is 4.46. The zero-order chi connectivity index (χ0) is 20.2. The molecule has 1 aliphatic rings. The number of aromatic nitrogens is 6. The van der Waals surface area contributed by atoms with Crippen LogP contribution in [-0.4, -0.2) is 42.7 Å². The fourth-order valence-electron chi connectivity index (χ4n) is 3.61. The Labute approximate surface area is 179 Å². The van der Waals surface area contributed by atoms with Gasteiger partial charge in [0.05, 0.1) is 24.0 Å². The molecule has 0 radical (unpaired) electrons. The van der Waals surface area contributed by atoms with Crippen molar-refractivity contribution < 1.29 is 4.74 Å². The van der Waals surface area contributed by atoms with Crippen molar-refractivity contribution in [3.05, 3.63) is 72.4 Å². The molecule has 0 unspecified atom stereocenters. The topological polar surface area (TPSA) is 70.7 Å². The van der Waals surface area contributed by atoms with E-state index in [-0.39, 0.29) is 6.10 Å². The molecule has 0 saturated carbocycles. The molecule has 3 heterocycles. The summed E-state index contributed by atoms with van der Waals surface area (Å²) in [5.41, 5.74) is 4.25. The smallest absolute Gasteiger partial charge is 0.209 e. The highest BCUT2D eigenvalue weighted by Gasteiger charge is 2.20. The first-order valence-electron chi connectivity index (χ1n) is 10.1. The van der Waals surface area contributed by atoms with Crippen molar-refractivity contribution in [3.8, 4) is 16.9 Å². The van der Waals surface area contributed by atoms with Crippen molar-refractivity contribution in [1.29, 1.82) is 0 Å². The largest absolute Gasteiger partial charge is 0.376 e. The number of benzene rings is 2. The molecule has 0 N–H and O–H groups in total. The molecule has 152 valence electrons. The molecule has 8 heteroatoms. The van der Waals surface area contributed by atoms with Gasteiger partial charge in [-0.05, 0) is 35.4 Å². The van der Waals surface area contributed by atoms with Gasteiger partial charge in [-0.3, -0.25) is 0 Å². The number of ether oxygens (including phenoxy) is 1. The first-order chi connectivity index (χ1) is 14.9. The molecule has 2 aromatic carbocycles. The molecular weight excluding hydrogens is 396 g/mol. The van der Waals surface area contributed by atoms with Gasteiger partial charge in [0.15, 0.2) is 0 Å². The van der Waals surface area contributed by atoms with Crippen LogP contribution in [0.15, 0.2) is 72.0 Å². The number of nitrogens with zero attached hydrogens (tertiary/aromatic N) is 6. The van der Waals surface area contributed by atoms with Gasteiger partial charge in [-0.25, -0.2) is 9.36 Å². The molecule has 7 nitrogen and oxygen atoms in total. The lowest BCUT2D eigenvalue weighted by atomic mass is 10.1. The molecule has 0 spiro atoms. The Kier molecular flexibility index (Phi) is 5.58. The standard InChI is InChI=1S/C22H22N6OS/c1-3-8-17(9-4-1)21-18(14-27(24-21)19-10-5-2-6-11-19)16-30-22-23-25-26-28(22)15-20-12-7-13-29-20/h1-6,8-11,14,20H,7,12-13,15-16H2/t20-/m1/s1. The average Bonchev–Trinajstić information content (AvgIpc) is 3.55. The number of hydrogen-bond acceptors (Lipinski definition) is 6. The normalized spacial score (nSPS) is 16.2. The predicted molar refractivity (Wildman–Crippen MR) is 115 cm³/mol. The van der Waals surface area contributed by atoms with Gasteiger partial charge in [-0.15, -0.1) is 5.10 Å². The number of rotatable bonds is 7. The summed E-state index contributed by atoms with van der Waals surface area (Å²) in [5, 5.41) is 17.9. The predicted octanol–water partition coefficient (Wildman–Crippen LogP) is 4.00. The summed E-state index contributed by atoms with van der Waals surface area (Å²) < 4.78 is 9.52. The number of thioether (sulfide) groups is 1. The van der Waals surface area contributed by atoms with Crippen molar-refractivity contribution in [2.24, 2.45) is 0 Å². The maximum absolute atomic E-state index is 5.73. The van der Waals surface area contributed by atoms with E-state index in [1.807, 2.05) is 45.8 Å². The lowest BCUT2D eigenvalue weighted by Gasteiger charge is -2.10. The zero-order valence-electron chi connectivity index (χ0n) is 16.5. The molecule has 1 fully saturated rings. The average molecular weight is 419 g/mol. The van der Waals surface area contributed by atoms with Crippen LogP contribution in [0.2, 0.25) is 0 Å². The number of para-hydroxylation sites is 1. The maximum Gasteiger partial charge on any atom is 0.209 e. The molecule has 5 rings (SSSR count). The lowest BCUT2D eigenvalue weighted by Crippen LogP contribution is -2.16. The third-order valence-electron chi connectivity index (χ3n) is 5.11. The molecule has 30 heavy (non-hydrogen) atoms. The Balaban J connectivity index is 1.40. The summed E-state index contributed by atoms with van der Waals surface area (Å²) in [5.74, 6) is 0.725. The van der Waals surface area contributed by atoms with Crippen LogP contribution >= 0.6 is 11.8 Å². The minimum Gasteiger partial charge on any atom is -0.376 e. The van der Waals surface area contributed by atoms with E-state index in [1.54, 1.807) is 11.8 Å². The van der Waals surface area contributed by atoms with E-state index in [1.165, 1.54) is 0 Å². The molecule has 1 aliphatic heterocycles. The van der Waals surface area contributed by atoms with Crippen LogP contribution in [0.1, 0.15) is 18.4 Å². The van der Waals surface area contributed by atoms with Crippen LogP contribution in [0.4, 0.5) is 0 Å². The summed E-state index contributed by atoms with van der Waals surface area (Å²) in [6, 6.07) is 20.4. The van der Waals surface area contributed by atoms with Crippen LogP contribution in [0.3, 0.4) is 0 Å². The van der Waals surface area contributed by atoms with Crippen LogP contribution < -0.4 is 0 Å². The van der Waals surface area contributed by atoms with Crippen molar-refractivity contribution in [2.75, 3.05) is 6.61 Å². The molecule has 0 aliphatic carbocycles. The van der Waals surface area contributed by atoms with Crippen LogP contribution in [0, 0.1) is 0 Å². The Morgan fingerprint density at radius 3 is 2.60 bits per heavy atom. The van der Waals surface area contributed by atoms with Gasteiger partial charge in [0.1, 0.15) is 0 Å². The minimum absolute atomic E-state index is 0.202. The second kappa shape index (κ2) is 8.81. The highest BCUT2D eigenvalue weighted by atomic mass is 32.2. The summed E-state index contributed by atoms with van der Waals surface area (Å²) in [6.07, 6.45) is 4.47. The minimum atomic E-state index is 0.202. The molecule has 0 bridgehead atoms. The quantitative estimate of drug-likeness (QED) is 0.423. The van der Waals surface area contributed by atoms with Gasteiger partial charge in [0.2, 0.25) is 5.16 Å². The first kappa shape index (κ1) is 19.0. The summed E-state index contributed by atoms with van der Waals surface area (Å²) in [7, 11) is 0. The molecule has 2 aromatic heterocycles. The third-order valence-corrected chi connectivity index (χ3v) is 6.12. The Morgan fingerprint density at radius 1 is 1.03 bits per heavy atom. The number of hydrogen-bond donors (Lipinski definition) is 0. The van der Waals surface area contributed by atoms with Gasteiger partial charge < -0.3 is 4.74 Å². The SMILES string of the molecule is c1ccc(-c2nn(-c3ccccc3)cc2CSc2nnnn2C[C@H]2CCCO2)cc1. The van der Waals surface area contributed by atoms with E-state index < -0.39 is 0 Å². The fraction of sp³-hybridized carbons (Fsp3) is 0.273. The molecule has 1 atom stereocenters. The Bertz CT molecular complexity index is 1090. The summed E-state index contributed by atoms with van der Waals surface area (Å²) >= 11 is 1.63. The van der Waals surface area contributed by atoms with Crippen molar-refractivity contribution >= 4 is 11.8 Å². The molecular formula is C22H22N6OS. The van der Waals surface area contributed by atoms with E-state index in [0.717, 1.165) is 52.9 Å².